The second-order valence-corrected chi connectivity index (χ2v) is 5.03. The fraction of sp³-hybridized carbons (Fsp3) is 0.571. The molecule has 1 fully saturated rings. The Kier molecular flexibility index (Phi) is 3.83. The molecule has 1 saturated heterocycles. The highest BCUT2D eigenvalue weighted by Gasteiger charge is 2.33. The molecular formula is C14H19N3O. The Labute approximate surface area is 108 Å². The lowest BCUT2D eigenvalue weighted by molar-refractivity contribution is 0.101. The molecule has 1 N–H and O–H groups in total. The van der Waals surface area contributed by atoms with Gasteiger partial charge in [-0.25, -0.2) is 4.98 Å². The minimum atomic E-state index is -0.0113. The van der Waals surface area contributed by atoms with E-state index in [-0.39, 0.29) is 12.0 Å². The molecule has 2 rings (SSSR count). The van der Waals surface area contributed by atoms with Gasteiger partial charge in [0.25, 0.3) is 0 Å². The lowest BCUT2D eigenvalue weighted by Crippen LogP contribution is -2.45. The predicted octanol–water partition coefficient (Wildman–Crippen LogP) is 1.94. The zero-order valence-corrected chi connectivity index (χ0v) is 10.8. The Morgan fingerprint density at radius 2 is 2.39 bits per heavy atom. The van der Waals surface area contributed by atoms with Crippen LogP contribution in [0, 0.1) is 16.7 Å². The van der Waals surface area contributed by atoms with Gasteiger partial charge in [-0.05, 0) is 31.4 Å². The smallest absolute Gasteiger partial charge is 0.142 e. The molecule has 0 bridgehead atoms. The summed E-state index contributed by atoms with van der Waals surface area (Å²) < 4.78 is 0. The Bertz CT molecular complexity index is 449. The van der Waals surface area contributed by atoms with Gasteiger partial charge in [-0.1, -0.05) is 13.0 Å². The molecule has 0 unspecified atom stereocenters. The van der Waals surface area contributed by atoms with Gasteiger partial charge in [0.2, 0.25) is 0 Å². The zero-order valence-electron chi connectivity index (χ0n) is 10.8. The topological polar surface area (TPSA) is 60.1 Å². The second kappa shape index (κ2) is 5.36. The average Bonchev–Trinajstić information content (AvgIpc) is 2.47. The van der Waals surface area contributed by atoms with Crippen molar-refractivity contribution in [1.29, 1.82) is 5.26 Å². The van der Waals surface area contributed by atoms with E-state index in [4.69, 9.17) is 5.26 Å². The summed E-state index contributed by atoms with van der Waals surface area (Å²) >= 11 is 0. The van der Waals surface area contributed by atoms with E-state index >= 15 is 0 Å². The Balaban J connectivity index is 2.20. The van der Waals surface area contributed by atoms with Crippen molar-refractivity contribution in [3.63, 3.8) is 0 Å². The summed E-state index contributed by atoms with van der Waals surface area (Å²) in [5, 5.41) is 18.5. The first kappa shape index (κ1) is 12.8. The van der Waals surface area contributed by atoms with Crippen molar-refractivity contribution in [2.45, 2.75) is 26.2 Å². The monoisotopic (exact) mass is 245 g/mol. The van der Waals surface area contributed by atoms with Gasteiger partial charge >= 0.3 is 0 Å². The SMILES string of the molecule is CC[C@]1(CO)CCCN(c2cccc(C#N)n2)C1. The summed E-state index contributed by atoms with van der Waals surface area (Å²) in [6.07, 6.45) is 3.10. The standard InChI is InChI=1S/C14H19N3O/c1-2-14(11-18)7-4-8-17(10-14)13-6-3-5-12(9-15)16-13/h3,5-6,18H,2,4,7-8,10-11H2,1H3/t14-/m0/s1. The Hall–Kier alpha value is -1.60. The van der Waals surface area contributed by atoms with Crippen LogP contribution in [0.2, 0.25) is 0 Å². The quantitative estimate of drug-likeness (QED) is 0.884. The van der Waals surface area contributed by atoms with Crippen LogP contribution in [-0.4, -0.2) is 29.8 Å². The first-order valence-corrected chi connectivity index (χ1v) is 6.46. The van der Waals surface area contributed by atoms with Crippen LogP contribution in [0.15, 0.2) is 18.2 Å². The van der Waals surface area contributed by atoms with Gasteiger partial charge in [0.1, 0.15) is 17.6 Å². The second-order valence-electron chi connectivity index (χ2n) is 5.03. The minimum Gasteiger partial charge on any atom is -0.396 e. The van der Waals surface area contributed by atoms with Crippen molar-refractivity contribution in [3.8, 4) is 6.07 Å². The van der Waals surface area contributed by atoms with E-state index in [9.17, 15) is 5.11 Å². The lowest BCUT2D eigenvalue weighted by atomic mass is 9.78. The van der Waals surface area contributed by atoms with Crippen LogP contribution >= 0.6 is 0 Å². The molecule has 0 aliphatic carbocycles. The van der Waals surface area contributed by atoms with Crippen molar-refractivity contribution in [2.75, 3.05) is 24.6 Å². The lowest BCUT2D eigenvalue weighted by Gasteiger charge is -2.41. The number of piperidine rings is 1. The number of nitrogens with zero attached hydrogens (tertiary/aromatic N) is 3. The fourth-order valence-electron chi connectivity index (χ4n) is 2.59. The summed E-state index contributed by atoms with van der Waals surface area (Å²) in [6.45, 7) is 4.11. The molecule has 2 heterocycles. The Morgan fingerprint density at radius 3 is 3.06 bits per heavy atom. The van der Waals surface area contributed by atoms with E-state index in [0.29, 0.717) is 5.69 Å². The van der Waals surface area contributed by atoms with Gasteiger partial charge in [0.15, 0.2) is 0 Å². The maximum absolute atomic E-state index is 9.61. The molecule has 1 atom stereocenters. The van der Waals surface area contributed by atoms with Crippen molar-refractivity contribution in [3.05, 3.63) is 23.9 Å². The summed E-state index contributed by atoms with van der Waals surface area (Å²) in [7, 11) is 0. The number of aliphatic hydroxyl groups is 1. The number of hydrogen-bond acceptors (Lipinski definition) is 4. The van der Waals surface area contributed by atoms with Crippen LogP contribution in [0.5, 0.6) is 0 Å². The van der Waals surface area contributed by atoms with E-state index in [1.54, 1.807) is 6.07 Å². The number of rotatable bonds is 3. The van der Waals surface area contributed by atoms with Gasteiger partial charge in [-0.2, -0.15) is 5.26 Å². The third kappa shape index (κ3) is 2.46. The van der Waals surface area contributed by atoms with Crippen LogP contribution < -0.4 is 4.90 Å². The molecule has 0 aromatic carbocycles. The summed E-state index contributed by atoms with van der Waals surface area (Å²) in [6, 6.07) is 7.58. The van der Waals surface area contributed by atoms with E-state index < -0.39 is 0 Å². The number of aliphatic hydroxyl groups excluding tert-OH is 1. The summed E-state index contributed by atoms with van der Waals surface area (Å²) in [4.78, 5) is 6.52. The molecule has 0 spiro atoms. The number of nitriles is 1. The van der Waals surface area contributed by atoms with Crippen molar-refractivity contribution < 1.29 is 5.11 Å². The number of anilines is 1. The average molecular weight is 245 g/mol. The van der Waals surface area contributed by atoms with Gasteiger partial charge in [-0.15, -0.1) is 0 Å². The summed E-state index contributed by atoms with van der Waals surface area (Å²) in [5.74, 6) is 0.847. The maximum atomic E-state index is 9.61. The van der Waals surface area contributed by atoms with Crippen LogP contribution in [0.1, 0.15) is 31.9 Å². The third-order valence-corrected chi connectivity index (χ3v) is 3.92. The molecule has 1 aromatic rings. The van der Waals surface area contributed by atoms with Crippen molar-refractivity contribution in [1.82, 2.24) is 4.98 Å². The van der Waals surface area contributed by atoms with Crippen LogP contribution in [0.3, 0.4) is 0 Å². The van der Waals surface area contributed by atoms with Crippen molar-refractivity contribution >= 4 is 5.82 Å². The van der Waals surface area contributed by atoms with Crippen LogP contribution in [-0.2, 0) is 0 Å². The zero-order chi connectivity index (χ0) is 13.0. The predicted molar refractivity (Wildman–Crippen MR) is 70.2 cm³/mol. The van der Waals surface area contributed by atoms with Gasteiger partial charge < -0.3 is 10.0 Å². The summed E-state index contributed by atoms with van der Waals surface area (Å²) in [5.41, 5.74) is 0.437. The number of pyridine rings is 1. The third-order valence-electron chi connectivity index (χ3n) is 3.92. The van der Waals surface area contributed by atoms with Gasteiger partial charge in [0.05, 0.1) is 6.61 Å². The normalized spacial score (nSPS) is 23.7. The van der Waals surface area contributed by atoms with E-state index in [2.05, 4.69) is 22.9 Å². The van der Waals surface area contributed by atoms with E-state index in [1.807, 2.05) is 12.1 Å². The highest BCUT2D eigenvalue weighted by atomic mass is 16.3. The van der Waals surface area contributed by atoms with Crippen LogP contribution in [0.4, 0.5) is 5.82 Å². The molecular weight excluding hydrogens is 226 g/mol. The molecule has 18 heavy (non-hydrogen) atoms. The number of hydrogen-bond donors (Lipinski definition) is 1. The van der Waals surface area contributed by atoms with E-state index in [0.717, 1.165) is 38.2 Å². The molecule has 4 nitrogen and oxygen atoms in total. The molecule has 1 aliphatic rings. The molecule has 0 saturated carbocycles. The molecule has 1 aromatic heterocycles. The first-order valence-electron chi connectivity index (χ1n) is 6.46. The minimum absolute atomic E-state index is 0.0113. The van der Waals surface area contributed by atoms with Crippen molar-refractivity contribution in [2.24, 2.45) is 5.41 Å². The van der Waals surface area contributed by atoms with E-state index in [1.165, 1.54) is 0 Å². The van der Waals surface area contributed by atoms with Gasteiger partial charge in [0, 0.05) is 18.5 Å². The molecule has 0 amide bonds. The molecule has 1 aliphatic heterocycles. The molecule has 4 heteroatoms. The molecule has 0 radical (unpaired) electrons. The first-order chi connectivity index (χ1) is 8.73. The van der Waals surface area contributed by atoms with Crippen LogP contribution in [0.25, 0.3) is 0 Å². The fourth-order valence-corrected chi connectivity index (χ4v) is 2.59. The van der Waals surface area contributed by atoms with Gasteiger partial charge in [-0.3, -0.25) is 0 Å². The Morgan fingerprint density at radius 1 is 1.56 bits per heavy atom. The maximum Gasteiger partial charge on any atom is 0.142 e. The highest BCUT2D eigenvalue weighted by Crippen LogP contribution is 2.34. The largest absolute Gasteiger partial charge is 0.396 e. The highest BCUT2D eigenvalue weighted by molar-refractivity contribution is 5.42. The number of aromatic nitrogens is 1. The molecule has 96 valence electrons.